The fraction of sp³-hybridized carbons (Fsp3) is 0.273. The summed E-state index contributed by atoms with van der Waals surface area (Å²) in [5.41, 5.74) is 11.3. The summed E-state index contributed by atoms with van der Waals surface area (Å²) in [7, 11) is 0. The monoisotopic (exact) mass is 446 g/mol. The maximum atomic E-state index is 11.1. The van der Waals surface area contributed by atoms with E-state index in [4.69, 9.17) is 0 Å². The summed E-state index contributed by atoms with van der Waals surface area (Å²) in [4.78, 5) is 0. The Bertz CT molecular complexity index is 1270. The smallest absolute Gasteiger partial charge is 0.124 e. The minimum atomic E-state index is 0.362. The number of benzene rings is 4. The molecule has 0 saturated carbocycles. The van der Waals surface area contributed by atoms with Crippen LogP contribution >= 0.6 is 0 Å². The molecule has 0 atom stereocenters. The van der Waals surface area contributed by atoms with Crippen molar-refractivity contribution in [2.24, 2.45) is 0 Å². The molecule has 172 valence electrons. The fourth-order valence-corrected chi connectivity index (χ4v) is 5.54. The minimum absolute atomic E-state index is 0.362. The summed E-state index contributed by atoms with van der Waals surface area (Å²) in [6.45, 7) is 2.27. The van der Waals surface area contributed by atoms with Crippen LogP contribution in [-0.2, 0) is 12.8 Å². The fourth-order valence-electron chi connectivity index (χ4n) is 5.54. The van der Waals surface area contributed by atoms with Crippen molar-refractivity contribution in [2.45, 2.75) is 58.3 Å². The van der Waals surface area contributed by atoms with Crippen LogP contribution in [0.4, 0.5) is 0 Å². The van der Waals surface area contributed by atoms with Crippen LogP contribution in [0.2, 0.25) is 0 Å². The highest BCUT2D eigenvalue weighted by Crippen LogP contribution is 2.47. The Morgan fingerprint density at radius 2 is 1.32 bits per heavy atom. The number of hydrogen-bond donors (Lipinski definition) is 1. The second-order valence-corrected chi connectivity index (χ2v) is 9.54. The van der Waals surface area contributed by atoms with Gasteiger partial charge in [-0.2, -0.15) is 0 Å². The molecular weight excluding hydrogens is 412 g/mol. The zero-order valence-electron chi connectivity index (χ0n) is 20.2. The van der Waals surface area contributed by atoms with Crippen molar-refractivity contribution in [2.75, 3.05) is 0 Å². The number of hydrogen-bond acceptors (Lipinski definition) is 1. The van der Waals surface area contributed by atoms with Gasteiger partial charge in [-0.3, -0.25) is 0 Å². The molecule has 0 fully saturated rings. The molecule has 0 amide bonds. The van der Waals surface area contributed by atoms with Gasteiger partial charge in [0.25, 0.3) is 0 Å². The Kier molecular flexibility index (Phi) is 6.81. The SMILES string of the molecule is CCCCCCCCc1ccc(O)c(-c2ccccc2)c1-c1cccc2c1Cc1ccccc1-2. The lowest BCUT2D eigenvalue weighted by Crippen LogP contribution is -1.98. The Hall–Kier alpha value is -3.32. The van der Waals surface area contributed by atoms with E-state index in [-0.39, 0.29) is 0 Å². The molecule has 0 aliphatic heterocycles. The standard InChI is InChI=1S/C33H34O/c1-2-3-4-5-6-8-16-25-21-22-31(34)33(24-14-9-7-10-15-24)32(25)29-20-13-19-28-27-18-12-11-17-26(27)23-30(28)29/h7,9-15,17-22,34H,2-6,8,16,23H2,1H3. The van der Waals surface area contributed by atoms with E-state index in [2.05, 4.69) is 79.7 Å². The van der Waals surface area contributed by atoms with Gasteiger partial charge in [0.1, 0.15) is 5.75 Å². The summed E-state index contributed by atoms with van der Waals surface area (Å²) in [6, 6.07) is 29.9. The molecule has 1 nitrogen and oxygen atoms in total. The summed E-state index contributed by atoms with van der Waals surface area (Å²) in [5.74, 6) is 0.362. The molecule has 1 N–H and O–H groups in total. The van der Waals surface area contributed by atoms with E-state index in [1.165, 1.54) is 77.5 Å². The molecule has 0 unspecified atom stereocenters. The van der Waals surface area contributed by atoms with Crippen molar-refractivity contribution in [3.8, 4) is 39.1 Å². The predicted octanol–water partition coefficient (Wildman–Crippen LogP) is 9.20. The van der Waals surface area contributed by atoms with Gasteiger partial charge >= 0.3 is 0 Å². The molecule has 4 aromatic rings. The highest BCUT2D eigenvalue weighted by atomic mass is 16.3. The van der Waals surface area contributed by atoms with Crippen molar-refractivity contribution in [1.82, 2.24) is 0 Å². The molecule has 0 spiro atoms. The van der Waals surface area contributed by atoms with E-state index >= 15 is 0 Å². The Labute approximate surface area is 204 Å². The lowest BCUT2D eigenvalue weighted by molar-refractivity contribution is 0.477. The number of phenolic OH excluding ortho intramolecular Hbond substituents is 1. The largest absolute Gasteiger partial charge is 0.507 e. The van der Waals surface area contributed by atoms with E-state index in [0.29, 0.717) is 5.75 Å². The molecule has 0 saturated heterocycles. The molecule has 1 aliphatic carbocycles. The van der Waals surface area contributed by atoms with Crippen LogP contribution in [-0.4, -0.2) is 5.11 Å². The lowest BCUT2D eigenvalue weighted by Gasteiger charge is -2.20. The minimum Gasteiger partial charge on any atom is -0.507 e. The zero-order chi connectivity index (χ0) is 23.3. The van der Waals surface area contributed by atoms with Gasteiger partial charge in [0.05, 0.1) is 0 Å². The van der Waals surface area contributed by atoms with E-state index in [0.717, 1.165) is 24.0 Å². The molecule has 4 aromatic carbocycles. The molecule has 0 bridgehead atoms. The quantitative estimate of drug-likeness (QED) is 0.224. The number of phenols is 1. The normalized spacial score (nSPS) is 11.9. The highest BCUT2D eigenvalue weighted by molar-refractivity contribution is 5.94. The topological polar surface area (TPSA) is 20.2 Å². The highest BCUT2D eigenvalue weighted by Gasteiger charge is 2.25. The van der Waals surface area contributed by atoms with Crippen molar-refractivity contribution in [1.29, 1.82) is 0 Å². The average Bonchev–Trinajstić information content (AvgIpc) is 3.26. The molecule has 1 aliphatic rings. The summed E-state index contributed by atoms with van der Waals surface area (Å²) >= 11 is 0. The molecule has 5 rings (SSSR count). The van der Waals surface area contributed by atoms with Crippen LogP contribution in [0.5, 0.6) is 5.75 Å². The molecule has 1 heteroatoms. The van der Waals surface area contributed by atoms with Crippen molar-refractivity contribution >= 4 is 0 Å². The van der Waals surface area contributed by atoms with Gasteiger partial charge in [-0.1, -0.05) is 118 Å². The first-order valence-electron chi connectivity index (χ1n) is 12.9. The van der Waals surface area contributed by atoms with E-state index in [1.54, 1.807) is 0 Å². The van der Waals surface area contributed by atoms with Crippen LogP contribution in [0.15, 0.2) is 84.9 Å². The molecule has 0 heterocycles. The average molecular weight is 447 g/mol. The Morgan fingerprint density at radius 3 is 2.18 bits per heavy atom. The molecule has 34 heavy (non-hydrogen) atoms. The molecular formula is C33H34O. The van der Waals surface area contributed by atoms with E-state index < -0.39 is 0 Å². The number of aromatic hydroxyl groups is 1. The maximum Gasteiger partial charge on any atom is 0.124 e. The van der Waals surface area contributed by atoms with Crippen LogP contribution in [0, 0.1) is 0 Å². The van der Waals surface area contributed by atoms with Gasteiger partial charge in [0.15, 0.2) is 0 Å². The first-order valence-corrected chi connectivity index (χ1v) is 12.9. The van der Waals surface area contributed by atoms with E-state index in [1.807, 2.05) is 12.1 Å². The van der Waals surface area contributed by atoms with Gasteiger partial charge in [0.2, 0.25) is 0 Å². The van der Waals surface area contributed by atoms with Gasteiger partial charge in [-0.05, 0) is 69.8 Å². The van der Waals surface area contributed by atoms with Crippen molar-refractivity contribution in [3.63, 3.8) is 0 Å². The van der Waals surface area contributed by atoms with E-state index in [9.17, 15) is 5.11 Å². The van der Waals surface area contributed by atoms with Crippen molar-refractivity contribution in [3.05, 3.63) is 102 Å². The number of unbranched alkanes of at least 4 members (excludes halogenated alkanes) is 5. The van der Waals surface area contributed by atoms with Crippen LogP contribution in [0.3, 0.4) is 0 Å². The number of aryl methyl sites for hydroxylation is 1. The maximum absolute atomic E-state index is 11.1. The Morgan fingerprint density at radius 1 is 0.618 bits per heavy atom. The third-order valence-corrected chi connectivity index (χ3v) is 7.25. The second kappa shape index (κ2) is 10.3. The van der Waals surface area contributed by atoms with Crippen molar-refractivity contribution < 1.29 is 5.11 Å². The summed E-state index contributed by atoms with van der Waals surface area (Å²) in [6.07, 6.45) is 9.69. The van der Waals surface area contributed by atoms with Crippen LogP contribution < -0.4 is 0 Å². The lowest BCUT2D eigenvalue weighted by atomic mass is 9.84. The molecule has 0 aromatic heterocycles. The molecule has 0 radical (unpaired) electrons. The first-order chi connectivity index (χ1) is 16.8. The summed E-state index contributed by atoms with van der Waals surface area (Å²) < 4.78 is 0. The third-order valence-electron chi connectivity index (χ3n) is 7.25. The number of rotatable bonds is 9. The summed E-state index contributed by atoms with van der Waals surface area (Å²) in [5, 5.41) is 11.1. The van der Waals surface area contributed by atoms with Gasteiger partial charge in [-0.25, -0.2) is 0 Å². The van der Waals surface area contributed by atoms with Crippen LogP contribution in [0.25, 0.3) is 33.4 Å². The van der Waals surface area contributed by atoms with Crippen LogP contribution in [0.1, 0.15) is 62.1 Å². The number of fused-ring (bicyclic) bond motifs is 3. The Balaban J connectivity index is 1.60. The third kappa shape index (κ3) is 4.40. The first kappa shape index (κ1) is 22.5. The second-order valence-electron chi connectivity index (χ2n) is 9.54. The zero-order valence-corrected chi connectivity index (χ0v) is 20.2. The predicted molar refractivity (Wildman–Crippen MR) is 144 cm³/mol. The van der Waals surface area contributed by atoms with Gasteiger partial charge in [-0.15, -0.1) is 0 Å². The van der Waals surface area contributed by atoms with Gasteiger partial charge in [0, 0.05) is 5.56 Å². The van der Waals surface area contributed by atoms with Gasteiger partial charge < -0.3 is 5.11 Å².